The Morgan fingerprint density at radius 1 is 1.33 bits per heavy atom. The summed E-state index contributed by atoms with van der Waals surface area (Å²) in [6.07, 6.45) is 5.29. The van der Waals surface area contributed by atoms with Gasteiger partial charge >= 0.3 is 0 Å². The van der Waals surface area contributed by atoms with Crippen molar-refractivity contribution in [1.29, 1.82) is 0 Å². The monoisotopic (exact) mass is 159 g/mol. The van der Waals surface area contributed by atoms with Crippen LogP contribution in [0.3, 0.4) is 0 Å². The molecule has 0 aromatic carbocycles. The van der Waals surface area contributed by atoms with Gasteiger partial charge in [0.15, 0.2) is 5.78 Å². The number of fused-ring (bicyclic) bond motifs is 1. The highest BCUT2D eigenvalue weighted by molar-refractivity contribution is 6.21. The van der Waals surface area contributed by atoms with E-state index in [9.17, 15) is 4.79 Å². The molecule has 2 aliphatic rings. The second kappa shape index (κ2) is 2.27. The van der Waals surface area contributed by atoms with Crippen LogP contribution in [0.4, 0.5) is 0 Å². The molecule has 0 spiro atoms. The molecule has 12 heavy (non-hydrogen) atoms. The molecule has 0 saturated carbocycles. The highest BCUT2D eigenvalue weighted by Gasteiger charge is 2.24. The quantitative estimate of drug-likeness (QED) is 0.530. The van der Waals surface area contributed by atoms with E-state index in [1.165, 1.54) is 0 Å². The van der Waals surface area contributed by atoms with Crippen LogP contribution in [-0.2, 0) is 4.79 Å². The van der Waals surface area contributed by atoms with E-state index in [2.05, 4.69) is 4.99 Å². The molecule has 2 rings (SSSR count). The van der Waals surface area contributed by atoms with Crippen molar-refractivity contribution in [3.63, 3.8) is 0 Å². The smallest absolute Gasteiger partial charge is 0.188 e. The van der Waals surface area contributed by atoms with Crippen molar-refractivity contribution in [3.8, 4) is 0 Å². The lowest BCUT2D eigenvalue weighted by Gasteiger charge is -2.05. The summed E-state index contributed by atoms with van der Waals surface area (Å²) in [4.78, 5) is 15.6. The highest BCUT2D eigenvalue weighted by Crippen LogP contribution is 2.28. The van der Waals surface area contributed by atoms with Crippen LogP contribution in [0.1, 0.15) is 13.8 Å². The number of carbonyl (C=O) groups excluding carboxylic acids is 1. The van der Waals surface area contributed by atoms with Gasteiger partial charge in [-0.2, -0.15) is 0 Å². The minimum Gasteiger partial charge on any atom is -0.289 e. The van der Waals surface area contributed by atoms with Gasteiger partial charge in [0, 0.05) is 17.0 Å². The predicted octanol–water partition coefficient (Wildman–Crippen LogP) is 1.80. The number of allylic oxidation sites excluding steroid dienone is 6. The van der Waals surface area contributed by atoms with Gasteiger partial charge in [0.05, 0.1) is 5.57 Å². The van der Waals surface area contributed by atoms with Crippen LogP contribution in [0, 0.1) is 0 Å². The van der Waals surface area contributed by atoms with Gasteiger partial charge in [0.2, 0.25) is 0 Å². The molecule has 0 amide bonds. The Balaban J connectivity index is 2.62. The van der Waals surface area contributed by atoms with E-state index in [4.69, 9.17) is 0 Å². The maximum absolute atomic E-state index is 11.4. The Morgan fingerprint density at radius 2 is 2.08 bits per heavy atom. The summed E-state index contributed by atoms with van der Waals surface area (Å²) in [6, 6.07) is 0. The molecule has 0 fully saturated rings. The van der Waals surface area contributed by atoms with Gasteiger partial charge in [-0.1, -0.05) is 12.2 Å². The summed E-state index contributed by atoms with van der Waals surface area (Å²) < 4.78 is 0. The Morgan fingerprint density at radius 3 is 2.75 bits per heavy atom. The van der Waals surface area contributed by atoms with Gasteiger partial charge in [0.25, 0.3) is 0 Å². The SMILES string of the molecule is CC1=NC(C)=C2C(=O)C=CC=C12. The lowest BCUT2D eigenvalue weighted by molar-refractivity contribution is -0.111. The van der Waals surface area contributed by atoms with Crippen molar-refractivity contribution in [1.82, 2.24) is 0 Å². The molecule has 1 heterocycles. The second-order valence-corrected chi connectivity index (χ2v) is 2.96. The zero-order chi connectivity index (χ0) is 8.72. The van der Waals surface area contributed by atoms with Crippen molar-refractivity contribution < 1.29 is 4.79 Å². The number of carbonyl (C=O) groups is 1. The highest BCUT2D eigenvalue weighted by atomic mass is 16.1. The van der Waals surface area contributed by atoms with Crippen LogP contribution >= 0.6 is 0 Å². The average molecular weight is 159 g/mol. The van der Waals surface area contributed by atoms with E-state index >= 15 is 0 Å². The number of nitrogens with zero attached hydrogens (tertiary/aromatic N) is 1. The zero-order valence-electron chi connectivity index (χ0n) is 7.09. The first-order valence-corrected chi connectivity index (χ1v) is 3.90. The van der Waals surface area contributed by atoms with Gasteiger partial charge in [0.1, 0.15) is 0 Å². The topological polar surface area (TPSA) is 29.4 Å². The van der Waals surface area contributed by atoms with Gasteiger partial charge in [-0.05, 0) is 19.9 Å². The van der Waals surface area contributed by atoms with Crippen LogP contribution in [0.5, 0.6) is 0 Å². The Labute approximate surface area is 71.0 Å². The summed E-state index contributed by atoms with van der Waals surface area (Å²) in [7, 11) is 0. The maximum Gasteiger partial charge on any atom is 0.188 e. The first-order chi connectivity index (χ1) is 5.70. The molecule has 0 N–H and O–H groups in total. The molecule has 0 unspecified atom stereocenters. The van der Waals surface area contributed by atoms with Crippen molar-refractivity contribution in [2.75, 3.05) is 0 Å². The third-order valence-electron chi connectivity index (χ3n) is 2.11. The standard InChI is InChI=1S/C10H9NO/c1-6-8-4-3-5-9(12)10(8)7(2)11-6/h3-5H,1-2H3. The van der Waals surface area contributed by atoms with Crippen molar-refractivity contribution in [3.05, 3.63) is 35.1 Å². The molecule has 1 aliphatic carbocycles. The van der Waals surface area contributed by atoms with Crippen LogP contribution < -0.4 is 0 Å². The fraction of sp³-hybridized carbons (Fsp3) is 0.200. The Bertz CT molecular complexity index is 381. The molecule has 2 nitrogen and oxygen atoms in total. The molecule has 0 bridgehead atoms. The third-order valence-corrected chi connectivity index (χ3v) is 2.11. The van der Waals surface area contributed by atoms with Crippen LogP contribution in [-0.4, -0.2) is 11.5 Å². The summed E-state index contributed by atoms with van der Waals surface area (Å²) in [6.45, 7) is 3.80. The van der Waals surface area contributed by atoms with E-state index < -0.39 is 0 Å². The molecule has 0 aromatic heterocycles. The normalized spacial score (nSPS) is 21.0. The van der Waals surface area contributed by atoms with Gasteiger partial charge < -0.3 is 0 Å². The Hall–Kier alpha value is -1.44. The summed E-state index contributed by atoms with van der Waals surface area (Å²) >= 11 is 0. The van der Waals surface area contributed by atoms with E-state index in [0.717, 1.165) is 22.6 Å². The molecule has 0 aromatic rings. The number of hydrogen-bond acceptors (Lipinski definition) is 2. The molecular weight excluding hydrogens is 150 g/mol. The van der Waals surface area contributed by atoms with Crippen LogP contribution in [0.25, 0.3) is 0 Å². The van der Waals surface area contributed by atoms with Crippen LogP contribution in [0.15, 0.2) is 40.1 Å². The minimum atomic E-state index is 0.0746. The first-order valence-electron chi connectivity index (χ1n) is 3.90. The lowest BCUT2D eigenvalue weighted by Crippen LogP contribution is -2.07. The van der Waals surface area contributed by atoms with Crippen molar-refractivity contribution in [2.24, 2.45) is 4.99 Å². The molecule has 0 atom stereocenters. The molecule has 0 radical (unpaired) electrons. The van der Waals surface area contributed by atoms with E-state index in [1.54, 1.807) is 12.2 Å². The largest absolute Gasteiger partial charge is 0.289 e. The Kier molecular flexibility index (Phi) is 1.37. The third kappa shape index (κ3) is 0.811. The average Bonchev–Trinajstić information content (AvgIpc) is 2.29. The van der Waals surface area contributed by atoms with Crippen molar-refractivity contribution in [2.45, 2.75) is 13.8 Å². The van der Waals surface area contributed by atoms with Crippen LogP contribution in [0.2, 0.25) is 0 Å². The molecule has 1 aliphatic heterocycles. The molecular formula is C10H9NO. The fourth-order valence-corrected chi connectivity index (χ4v) is 1.57. The summed E-state index contributed by atoms with van der Waals surface area (Å²) in [5.74, 6) is 0.0746. The van der Waals surface area contributed by atoms with E-state index in [0.29, 0.717) is 0 Å². The molecule has 2 heteroatoms. The van der Waals surface area contributed by atoms with Gasteiger partial charge in [-0.3, -0.25) is 9.79 Å². The molecule has 0 saturated heterocycles. The number of ketones is 1. The van der Waals surface area contributed by atoms with Gasteiger partial charge in [-0.25, -0.2) is 0 Å². The number of aliphatic imine (C=N–C) groups is 1. The van der Waals surface area contributed by atoms with E-state index in [-0.39, 0.29) is 5.78 Å². The second-order valence-electron chi connectivity index (χ2n) is 2.96. The summed E-state index contributed by atoms with van der Waals surface area (Å²) in [5, 5.41) is 0. The number of rotatable bonds is 0. The minimum absolute atomic E-state index is 0.0746. The zero-order valence-corrected chi connectivity index (χ0v) is 7.09. The van der Waals surface area contributed by atoms with Crippen molar-refractivity contribution >= 4 is 11.5 Å². The lowest BCUT2D eigenvalue weighted by atomic mass is 9.95. The predicted molar refractivity (Wildman–Crippen MR) is 48.0 cm³/mol. The first kappa shape index (κ1) is 7.22. The fourth-order valence-electron chi connectivity index (χ4n) is 1.57. The van der Waals surface area contributed by atoms with E-state index in [1.807, 2.05) is 19.9 Å². The maximum atomic E-state index is 11.4. The summed E-state index contributed by atoms with van der Waals surface area (Å²) in [5.41, 5.74) is 3.54. The van der Waals surface area contributed by atoms with Gasteiger partial charge in [-0.15, -0.1) is 0 Å². The molecule has 60 valence electrons. The number of hydrogen-bond donors (Lipinski definition) is 0.